The molecule has 0 radical (unpaired) electrons. The Labute approximate surface area is 156 Å². The predicted octanol–water partition coefficient (Wildman–Crippen LogP) is 1.85. The van der Waals surface area contributed by atoms with E-state index in [1.807, 2.05) is 31.2 Å². The molecule has 0 saturated carbocycles. The molecule has 0 atom stereocenters. The quantitative estimate of drug-likeness (QED) is 0.754. The van der Waals surface area contributed by atoms with Gasteiger partial charge in [0.05, 0.1) is 32.1 Å². The van der Waals surface area contributed by atoms with E-state index in [9.17, 15) is 9.59 Å². The average Bonchev–Trinajstić information content (AvgIpc) is 2.72. The third kappa shape index (κ3) is 3.80. The molecule has 2 aromatic rings. The maximum absolute atomic E-state index is 12.4. The molecule has 8 nitrogen and oxygen atoms in total. The normalized spacial score (nSPS) is 14.1. The van der Waals surface area contributed by atoms with Gasteiger partial charge in [0.15, 0.2) is 0 Å². The van der Waals surface area contributed by atoms with Crippen LogP contribution in [0.15, 0.2) is 47.8 Å². The summed E-state index contributed by atoms with van der Waals surface area (Å²) in [5, 5.41) is 0. The molecule has 0 N–H and O–H groups in total. The van der Waals surface area contributed by atoms with Crippen molar-refractivity contribution >= 4 is 17.6 Å². The number of benzene rings is 1. The molecule has 0 spiro atoms. The van der Waals surface area contributed by atoms with Gasteiger partial charge in [0, 0.05) is 17.4 Å². The van der Waals surface area contributed by atoms with Crippen molar-refractivity contribution in [3.8, 4) is 11.3 Å². The van der Waals surface area contributed by atoms with E-state index in [1.54, 1.807) is 17.2 Å². The van der Waals surface area contributed by atoms with Crippen LogP contribution in [-0.4, -0.2) is 49.5 Å². The molecule has 1 aliphatic heterocycles. The summed E-state index contributed by atoms with van der Waals surface area (Å²) in [6.45, 7) is 1.88. The lowest BCUT2D eigenvalue weighted by molar-refractivity contribution is -0.140. The molecule has 3 rings (SSSR count). The molecule has 0 saturated heterocycles. The highest BCUT2D eigenvalue weighted by Crippen LogP contribution is 2.29. The zero-order valence-corrected chi connectivity index (χ0v) is 15.3. The van der Waals surface area contributed by atoms with Crippen LogP contribution < -0.4 is 4.90 Å². The lowest BCUT2D eigenvalue weighted by Gasteiger charge is -2.31. The monoisotopic (exact) mass is 369 g/mol. The number of ether oxygens (including phenoxy) is 3. The minimum absolute atomic E-state index is 0.0294. The predicted molar refractivity (Wildman–Crippen MR) is 96.6 cm³/mol. The number of carbonyl (C=O) groups is 2. The zero-order chi connectivity index (χ0) is 19.4. The maximum atomic E-state index is 12.4. The first-order chi connectivity index (χ1) is 13.0. The van der Waals surface area contributed by atoms with E-state index in [0.29, 0.717) is 11.5 Å². The van der Waals surface area contributed by atoms with Gasteiger partial charge < -0.3 is 19.1 Å². The molecule has 2 heterocycles. The summed E-state index contributed by atoms with van der Waals surface area (Å²) in [5.74, 6) is -0.619. The van der Waals surface area contributed by atoms with Gasteiger partial charge in [0.1, 0.15) is 18.3 Å². The van der Waals surface area contributed by atoms with Gasteiger partial charge in [-0.1, -0.05) is 12.1 Å². The fraction of sp³-hybridized carbons (Fsp3) is 0.263. The van der Waals surface area contributed by atoms with Gasteiger partial charge in [-0.15, -0.1) is 0 Å². The van der Waals surface area contributed by atoms with Crippen molar-refractivity contribution in [1.82, 2.24) is 9.97 Å². The summed E-state index contributed by atoms with van der Waals surface area (Å²) in [7, 11) is 2.51. The number of carbonyl (C=O) groups excluding carboxylic acids is 2. The van der Waals surface area contributed by atoms with Crippen molar-refractivity contribution < 1.29 is 23.8 Å². The Balaban J connectivity index is 2.07. The van der Waals surface area contributed by atoms with Crippen LogP contribution in [0, 0.1) is 6.92 Å². The van der Waals surface area contributed by atoms with E-state index in [-0.39, 0.29) is 24.6 Å². The zero-order valence-electron chi connectivity index (χ0n) is 15.3. The summed E-state index contributed by atoms with van der Waals surface area (Å²) >= 11 is 0. The molecular formula is C19H19N3O5. The van der Waals surface area contributed by atoms with Gasteiger partial charge in [-0.3, -0.25) is 0 Å². The first-order valence-corrected chi connectivity index (χ1v) is 8.20. The van der Waals surface area contributed by atoms with Crippen LogP contribution >= 0.6 is 0 Å². The van der Waals surface area contributed by atoms with Crippen molar-refractivity contribution in [3.63, 3.8) is 0 Å². The summed E-state index contributed by atoms with van der Waals surface area (Å²) in [6, 6.07) is 9.20. The minimum atomic E-state index is -0.637. The van der Waals surface area contributed by atoms with E-state index < -0.39 is 11.9 Å². The number of aromatic nitrogens is 2. The van der Waals surface area contributed by atoms with Crippen LogP contribution in [0.2, 0.25) is 0 Å². The number of hydrogen-bond donors (Lipinski definition) is 0. The minimum Gasteiger partial charge on any atom is -0.466 e. The molecule has 27 heavy (non-hydrogen) atoms. The lowest BCUT2D eigenvalue weighted by Crippen LogP contribution is -2.38. The summed E-state index contributed by atoms with van der Waals surface area (Å²) in [4.78, 5) is 34.6. The van der Waals surface area contributed by atoms with E-state index in [0.717, 1.165) is 11.3 Å². The number of esters is 2. The topological polar surface area (TPSA) is 90.9 Å². The van der Waals surface area contributed by atoms with Crippen molar-refractivity contribution in [3.05, 3.63) is 53.6 Å². The van der Waals surface area contributed by atoms with E-state index in [4.69, 9.17) is 14.2 Å². The molecule has 1 aromatic heterocycles. The Morgan fingerprint density at radius 3 is 2.63 bits per heavy atom. The summed E-state index contributed by atoms with van der Waals surface area (Å²) in [6.07, 6.45) is 1.68. The highest BCUT2D eigenvalue weighted by atomic mass is 16.5. The van der Waals surface area contributed by atoms with Crippen molar-refractivity contribution in [2.75, 3.05) is 32.5 Å². The molecule has 0 fully saturated rings. The van der Waals surface area contributed by atoms with E-state index in [2.05, 4.69) is 9.97 Å². The van der Waals surface area contributed by atoms with Crippen molar-refractivity contribution in [2.45, 2.75) is 6.92 Å². The van der Waals surface area contributed by atoms with Gasteiger partial charge in [0.25, 0.3) is 0 Å². The largest absolute Gasteiger partial charge is 0.466 e. The number of anilines is 1. The van der Waals surface area contributed by atoms with Gasteiger partial charge in [0.2, 0.25) is 0 Å². The molecule has 0 amide bonds. The van der Waals surface area contributed by atoms with Crippen LogP contribution in [0.3, 0.4) is 0 Å². The number of rotatable bonds is 4. The first kappa shape index (κ1) is 18.5. The summed E-state index contributed by atoms with van der Waals surface area (Å²) in [5.41, 5.74) is 2.46. The third-order valence-electron chi connectivity index (χ3n) is 4.06. The molecular weight excluding hydrogens is 350 g/mol. The molecule has 0 aliphatic carbocycles. The molecule has 1 aromatic carbocycles. The molecule has 1 aliphatic rings. The number of hydrogen-bond acceptors (Lipinski definition) is 8. The highest BCUT2D eigenvalue weighted by molar-refractivity contribution is 6.03. The smallest absolute Gasteiger partial charge is 0.355 e. The second kappa shape index (κ2) is 7.96. The van der Waals surface area contributed by atoms with Gasteiger partial charge in [-0.05, 0) is 25.1 Å². The van der Waals surface area contributed by atoms with Crippen LogP contribution in [0.5, 0.6) is 0 Å². The van der Waals surface area contributed by atoms with Crippen LogP contribution in [0.1, 0.15) is 5.82 Å². The Morgan fingerprint density at radius 1 is 1.15 bits per heavy atom. The van der Waals surface area contributed by atoms with Crippen LogP contribution in [0.25, 0.3) is 11.3 Å². The molecule has 0 bridgehead atoms. The Morgan fingerprint density at radius 2 is 1.93 bits per heavy atom. The Kier molecular flexibility index (Phi) is 5.46. The molecule has 0 unspecified atom stereocenters. The second-order valence-electron chi connectivity index (χ2n) is 5.76. The van der Waals surface area contributed by atoms with Gasteiger partial charge in [-0.2, -0.15) is 0 Å². The molecule has 140 valence electrons. The molecule has 8 heteroatoms. The van der Waals surface area contributed by atoms with Gasteiger partial charge in [-0.25, -0.2) is 19.6 Å². The fourth-order valence-corrected chi connectivity index (χ4v) is 2.80. The first-order valence-electron chi connectivity index (χ1n) is 8.20. The number of aryl methyl sites for hydroxylation is 1. The maximum Gasteiger partial charge on any atom is 0.355 e. The average molecular weight is 369 g/mol. The second-order valence-corrected chi connectivity index (χ2v) is 5.76. The van der Waals surface area contributed by atoms with E-state index >= 15 is 0 Å². The van der Waals surface area contributed by atoms with Crippen LogP contribution in [-0.2, 0) is 23.8 Å². The van der Waals surface area contributed by atoms with E-state index in [1.165, 1.54) is 14.2 Å². The fourth-order valence-electron chi connectivity index (χ4n) is 2.80. The van der Waals surface area contributed by atoms with Crippen LogP contribution in [0.4, 0.5) is 5.69 Å². The SMILES string of the molecule is COC(=O)C1=C(C(=O)OC)N(c2cccc(-c3ccnc(C)n3)c2)COC1. The lowest BCUT2D eigenvalue weighted by atomic mass is 10.1. The van der Waals surface area contributed by atoms with Gasteiger partial charge >= 0.3 is 11.9 Å². The highest BCUT2D eigenvalue weighted by Gasteiger charge is 2.32. The summed E-state index contributed by atoms with van der Waals surface area (Å²) < 4.78 is 15.1. The Bertz CT molecular complexity index is 910. The number of methoxy groups -OCH3 is 2. The Hall–Kier alpha value is -3.26. The number of nitrogens with zero attached hydrogens (tertiary/aromatic N) is 3. The van der Waals surface area contributed by atoms with Crippen molar-refractivity contribution in [1.29, 1.82) is 0 Å². The van der Waals surface area contributed by atoms with Crippen molar-refractivity contribution in [2.24, 2.45) is 0 Å². The standard InChI is InChI=1S/C19H19N3O5/c1-12-20-8-7-16(21-12)13-5-4-6-14(9-13)22-11-27-10-15(18(23)25-2)17(22)19(24)26-3/h4-9H,10-11H2,1-3H3. The third-order valence-corrected chi connectivity index (χ3v) is 4.06.